The Morgan fingerprint density at radius 2 is 1.29 bits per heavy atom. The van der Waals surface area contributed by atoms with E-state index >= 15 is 0 Å². The fraction of sp³-hybridized carbons (Fsp3) is 1.00. The number of hydrazine groups is 1. The summed E-state index contributed by atoms with van der Waals surface area (Å²) in [7, 11) is 0. The van der Waals surface area contributed by atoms with Gasteiger partial charge in [-0.3, -0.25) is 5.43 Å². The topological polar surface area (TPSA) is 46.8 Å². The summed E-state index contributed by atoms with van der Waals surface area (Å²) in [5, 5.41) is 2.59. The van der Waals surface area contributed by atoms with Gasteiger partial charge in [0, 0.05) is 19.1 Å². The van der Waals surface area contributed by atoms with E-state index in [4.69, 9.17) is 0 Å². The molecule has 102 valence electrons. The molecule has 1 aliphatic carbocycles. The Hall–Kier alpha value is -0.120. The smallest absolute Gasteiger partial charge is 0.0243 e. The fourth-order valence-electron chi connectivity index (χ4n) is 3.12. The highest BCUT2D eigenvalue weighted by Crippen LogP contribution is 2.21. The van der Waals surface area contributed by atoms with Crippen molar-refractivity contribution in [2.45, 2.75) is 76.7 Å². The zero-order valence-corrected chi connectivity index (χ0v) is 11.2. The minimum atomic E-state index is 0. The van der Waals surface area contributed by atoms with Gasteiger partial charge in [-0.2, -0.15) is 0 Å². The molecule has 2 fully saturated rings. The van der Waals surface area contributed by atoms with Crippen LogP contribution in [0, 0.1) is 0 Å². The van der Waals surface area contributed by atoms with Crippen molar-refractivity contribution in [2.24, 2.45) is 0 Å². The second kappa shape index (κ2) is 8.90. The van der Waals surface area contributed by atoms with Crippen molar-refractivity contribution in [3.63, 3.8) is 0 Å². The van der Waals surface area contributed by atoms with E-state index in [1.165, 1.54) is 83.7 Å². The van der Waals surface area contributed by atoms with E-state index < -0.39 is 0 Å². The molecule has 3 N–H and O–H groups in total. The lowest BCUT2D eigenvalue weighted by atomic mass is 9.96. The number of nitrogens with zero attached hydrogens (tertiary/aromatic N) is 1. The molecule has 0 aromatic rings. The zero-order valence-electron chi connectivity index (χ0n) is 11.2. The van der Waals surface area contributed by atoms with Crippen molar-refractivity contribution in [1.29, 1.82) is 0 Å². The van der Waals surface area contributed by atoms with E-state index in [2.05, 4.69) is 10.4 Å². The molecule has 2 rings (SSSR count). The van der Waals surface area contributed by atoms with Crippen LogP contribution >= 0.6 is 0 Å². The van der Waals surface area contributed by atoms with Gasteiger partial charge in [-0.25, -0.2) is 5.01 Å². The predicted molar refractivity (Wildman–Crippen MR) is 72.9 cm³/mol. The maximum Gasteiger partial charge on any atom is 0.0243 e. The Balaban J connectivity index is 0.00000144. The molecular weight excluding hydrogens is 212 g/mol. The molecule has 17 heavy (non-hydrogen) atoms. The Morgan fingerprint density at radius 3 is 2.06 bits per heavy atom. The van der Waals surface area contributed by atoms with E-state index in [-0.39, 0.29) is 5.48 Å². The quantitative estimate of drug-likeness (QED) is 0.768. The lowest BCUT2D eigenvalue weighted by Crippen LogP contribution is -2.47. The van der Waals surface area contributed by atoms with Gasteiger partial charge < -0.3 is 5.48 Å². The van der Waals surface area contributed by atoms with Crippen LogP contribution in [-0.2, 0) is 0 Å². The molecule has 2 aliphatic rings. The summed E-state index contributed by atoms with van der Waals surface area (Å²) in [5.74, 6) is 0. The Bertz CT molecular complexity index is 151. The van der Waals surface area contributed by atoms with E-state index in [0.717, 1.165) is 6.04 Å². The summed E-state index contributed by atoms with van der Waals surface area (Å²) in [6.45, 7) is 2.49. The molecule has 1 aliphatic heterocycles. The lowest BCUT2D eigenvalue weighted by Gasteiger charge is -2.34. The summed E-state index contributed by atoms with van der Waals surface area (Å²) in [6.07, 6.45) is 15.8. The van der Waals surface area contributed by atoms with Crippen molar-refractivity contribution in [3.8, 4) is 0 Å². The van der Waals surface area contributed by atoms with Crippen LogP contribution in [0.1, 0.15) is 70.6 Å². The van der Waals surface area contributed by atoms with Crippen molar-refractivity contribution >= 4 is 0 Å². The van der Waals surface area contributed by atoms with Crippen molar-refractivity contribution in [2.75, 3.05) is 13.1 Å². The SMILES string of the molecule is C1CCCC(N2CCCCCCN2)CCC1.O. The molecule has 0 spiro atoms. The Kier molecular flexibility index (Phi) is 7.82. The maximum atomic E-state index is 3.67. The van der Waals surface area contributed by atoms with Crippen LogP contribution in [-0.4, -0.2) is 29.6 Å². The lowest BCUT2D eigenvalue weighted by molar-refractivity contribution is 0.0927. The summed E-state index contributed by atoms with van der Waals surface area (Å²) in [4.78, 5) is 0. The van der Waals surface area contributed by atoms with Crippen molar-refractivity contribution < 1.29 is 5.48 Å². The van der Waals surface area contributed by atoms with E-state index in [1.807, 2.05) is 0 Å². The van der Waals surface area contributed by atoms with Gasteiger partial charge in [-0.05, 0) is 25.7 Å². The third kappa shape index (κ3) is 5.36. The van der Waals surface area contributed by atoms with E-state index in [9.17, 15) is 0 Å². The number of nitrogens with one attached hydrogen (secondary N) is 1. The number of hydrogen-bond acceptors (Lipinski definition) is 2. The highest BCUT2D eigenvalue weighted by Gasteiger charge is 2.19. The molecule has 3 heteroatoms. The van der Waals surface area contributed by atoms with Crippen LogP contribution in [0.3, 0.4) is 0 Å². The van der Waals surface area contributed by atoms with Crippen LogP contribution in [0.25, 0.3) is 0 Å². The van der Waals surface area contributed by atoms with Gasteiger partial charge in [0.05, 0.1) is 0 Å². The summed E-state index contributed by atoms with van der Waals surface area (Å²) >= 11 is 0. The minimum absolute atomic E-state index is 0. The van der Waals surface area contributed by atoms with Gasteiger partial charge in [0.2, 0.25) is 0 Å². The van der Waals surface area contributed by atoms with Crippen LogP contribution in [0.5, 0.6) is 0 Å². The fourth-order valence-corrected chi connectivity index (χ4v) is 3.12. The molecule has 1 saturated heterocycles. The first-order valence-corrected chi connectivity index (χ1v) is 7.47. The monoisotopic (exact) mass is 242 g/mol. The molecule has 0 amide bonds. The highest BCUT2D eigenvalue weighted by molar-refractivity contribution is 4.72. The first kappa shape index (κ1) is 14.9. The van der Waals surface area contributed by atoms with Crippen molar-refractivity contribution in [1.82, 2.24) is 10.4 Å². The molecule has 0 bridgehead atoms. The predicted octanol–water partition coefficient (Wildman–Crippen LogP) is 2.66. The number of hydrogen-bond donors (Lipinski definition) is 1. The van der Waals surface area contributed by atoms with Gasteiger partial charge in [0.15, 0.2) is 0 Å². The molecule has 0 atom stereocenters. The average Bonchev–Trinajstić information content (AvgIpc) is 2.18. The van der Waals surface area contributed by atoms with E-state index in [1.54, 1.807) is 0 Å². The van der Waals surface area contributed by atoms with Gasteiger partial charge in [0.1, 0.15) is 0 Å². The number of rotatable bonds is 1. The molecule has 0 radical (unpaired) electrons. The second-order valence-corrected chi connectivity index (χ2v) is 5.51. The van der Waals surface area contributed by atoms with Gasteiger partial charge in [-0.1, -0.05) is 44.9 Å². The van der Waals surface area contributed by atoms with Gasteiger partial charge in [-0.15, -0.1) is 0 Å². The zero-order chi connectivity index (χ0) is 11.1. The Labute approximate surface area is 106 Å². The average molecular weight is 242 g/mol. The summed E-state index contributed by atoms with van der Waals surface area (Å²) in [6, 6.07) is 0.832. The third-order valence-corrected chi connectivity index (χ3v) is 4.16. The van der Waals surface area contributed by atoms with Crippen LogP contribution in [0.2, 0.25) is 0 Å². The first-order chi connectivity index (χ1) is 7.97. The Morgan fingerprint density at radius 1 is 0.706 bits per heavy atom. The molecule has 0 aromatic heterocycles. The second-order valence-electron chi connectivity index (χ2n) is 5.51. The van der Waals surface area contributed by atoms with Crippen molar-refractivity contribution in [3.05, 3.63) is 0 Å². The molecule has 0 aromatic carbocycles. The highest BCUT2D eigenvalue weighted by atomic mass is 16.0. The molecular formula is C14H30N2O. The maximum absolute atomic E-state index is 3.67. The first-order valence-electron chi connectivity index (χ1n) is 7.47. The third-order valence-electron chi connectivity index (χ3n) is 4.16. The molecule has 1 heterocycles. The normalized spacial score (nSPS) is 26.1. The van der Waals surface area contributed by atoms with Crippen LogP contribution in [0.4, 0.5) is 0 Å². The van der Waals surface area contributed by atoms with E-state index in [0.29, 0.717) is 0 Å². The largest absolute Gasteiger partial charge is 0.412 e. The standard InChI is InChI=1S/C14H28N2.H2O/c1-2-6-10-14(11-7-3-1)16-13-9-5-4-8-12-15-16;/h14-15H,1-13H2;1H2. The minimum Gasteiger partial charge on any atom is -0.412 e. The summed E-state index contributed by atoms with van der Waals surface area (Å²) < 4.78 is 0. The van der Waals surface area contributed by atoms with Gasteiger partial charge >= 0.3 is 0 Å². The van der Waals surface area contributed by atoms with Crippen LogP contribution < -0.4 is 5.43 Å². The molecule has 0 unspecified atom stereocenters. The molecule has 3 nitrogen and oxygen atoms in total. The summed E-state index contributed by atoms with van der Waals surface area (Å²) in [5.41, 5.74) is 3.67. The van der Waals surface area contributed by atoms with Crippen LogP contribution in [0.15, 0.2) is 0 Å². The molecule has 1 saturated carbocycles. The van der Waals surface area contributed by atoms with Gasteiger partial charge in [0.25, 0.3) is 0 Å².